The molecule has 88 valence electrons. The van der Waals surface area contributed by atoms with Crippen molar-refractivity contribution >= 4 is 23.4 Å². The normalized spacial score (nSPS) is 17.1. The van der Waals surface area contributed by atoms with Crippen molar-refractivity contribution < 1.29 is 4.92 Å². The van der Waals surface area contributed by atoms with Gasteiger partial charge in [0.15, 0.2) is 0 Å². The second kappa shape index (κ2) is 3.97. The fourth-order valence-electron chi connectivity index (χ4n) is 1.59. The summed E-state index contributed by atoms with van der Waals surface area (Å²) >= 11 is 1.82. The minimum absolute atomic E-state index is 0.0978. The highest BCUT2D eigenvalue weighted by Crippen LogP contribution is 2.47. The van der Waals surface area contributed by atoms with E-state index in [2.05, 4.69) is 16.6 Å². The minimum atomic E-state index is -0.457. The molecule has 1 N–H and O–H groups in total. The number of nitrogens with one attached hydrogen (secondary N) is 1. The number of aryl methyl sites for hydroxylation is 1. The second-order valence-corrected chi connectivity index (χ2v) is 5.30. The van der Waals surface area contributed by atoms with Crippen LogP contribution in [0.1, 0.15) is 12.8 Å². The molecule has 16 heavy (non-hydrogen) atoms. The van der Waals surface area contributed by atoms with Crippen molar-refractivity contribution in [2.45, 2.75) is 17.6 Å². The zero-order valence-electron chi connectivity index (χ0n) is 9.27. The number of nitrogens with zero attached hydrogens (tertiary/aromatic N) is 3. The molecule has 1 saturated carbocycles. The molecule has 0 aliphatic heterocycles. The molecule has 0 atom stereocenters. The number of hydrogen-bond donors (Lipinski definition) is 1. The lowest BCUT2D eigenvalue weighted by atomic mass is 10.4. The standard InChI is InChI=1S/C9H14N4O2S/c1-12-6-11-8(13(14)15)7(12)10-5-9(16-2)3-4-9/h6,10H,3-5H2,1-2H3. The van der Waals surface area contributed by atoms with Crippen molar-refractivity contribution in [2.24, 2.45) is 7.05 Å². The van der Waals surface area contributed by atoms with Crippen LogP contribution in [0.2, 0.25) is 0 Å². The fraction of sp³-hybridized carbons (Fsp3) is 0.667. The summed E-state index contributed by atoms with van der Waals surface area (Å²) in [7, 11) is 1.75. The average molecular weight is 242 g/mol. The molecule has 1 aromatic rings. The predicted molar refractivity (Wildman–Crippen MR) is 63.8 cm³/mol. The Hall–Kier alpha value is -1.24. The van der Waals surface area contributed by atoms with Gasteiger partial charge in [-0.15, -0.1) is 0 Å². The minimum Gasteiger partial charge on any atom is -0.363 e. The molecule has 1 aliphatic rings. The van der Waals surface area contributed by atoms with Gasteiger partial charge in [-0.1, -0.05) is 0 Å². The van der Waals surface area contributed by atoms with E-state index in [-0.39, 0.29) is 10.6 Å². The average Bonchev–Trinajstić information content (AvgIpc) is 2.94. The first kappa shape index (κ1) is 11.3. The highest BCUT2D eigenvalue weighted by atomic mass is 32.2. The summed E-state index contributed by atoms with van der Waals surface area (Å²) in [5, 5.41) is 13.9. The maximum absolute atomic E-state index is 10.7. The van der Waals surface area contributed by atoms with Crippen LogP contribution in [0.4, 0.5) is 11.6 Å². The van der Waals surface area contributed by atoms with Crippen LogP contribution in [0.5, 0.6) is 0 Å². The Labute approximate surface area is 97.6 Å². The van der Waals surface area contributed by atoms with E-state index >= 15 is 0 Å². The van der Waals surface area contributed by atoms with Gasteiger partial charge in [-0.2, -0.15) is 11.8 Å². The van der Waals surface area contributed by atoms with Gasteiger partial charge < -0.3 is 15.4 Å². The van der Waals surface area contributed by atoms with Gasteiger partial charge in [0.2, 0.25) is 12.1 Å². The van der Waals surface area contributed by atoms with Crippen molar-refractivity contribution in [1.82, 2.24) is 9.55 Å². The fourth-order valence-corrected chi connectivity index (χ4v) is 2.32. The summed E-state index contributed by atoms with van der Waals surface area (Å²) in [6, 6.07) is 0. The van der Waals surface area contributed by atoms with Crippen LogP contribution in [-0.2, 0) is 7.05 Å². The number of imidazole rings is 1. The summed E-state index contributed by atoms with van der Waals surface area (Å²) in [6.45, 7) is 0.758. The van der Waals surface area contributed by atoms with Crippen molar-refractivity contribution in [2.75, 3.05) is 18.1 Å². The largest absolute Gasteiger partial charge is 0.406 e. The number of hydrogen-bond acceptors (Lipinski definition) is 5. The van der Waals surface area contributed by atoms with Crippen molar-refractivity contribution in [3.8, 4) is 0 Å². The molecule has 0 amide bonds. The Morgan fingerprint density at radius 2 is 2.44 bits per heavy atom. The summed E-state index contributed by atoms with van der Waals surface area (Å²) in [5.74, 6) is 0.393. The molecule has 1 aliphatic carbocycles. The van der Waals surface area contributed by atoms with Gasteiger partial charge in [-0.3, -0.25) is 4.57 Å². The summed E-state index contributed by atoms with van der Waals surface area (Å²) < 4.78 is 1.92. The number of thioether (sulfide) groups is 1. The molecule has 0 unspecified atom stereocenters. The SMILES string of the molecule is CSC1(CNc2c([N+](=O)[O-])ncn2C)CC1. The first-order valence-electron chi connectivity index (χ1n) is 5.03. The summed E-state index contributed by atoms with van der Waals surface area (Å²) in [5.41, 5.74) is 0. The highest BCUT2D eigenvalue weighted by Gasteiger charge is 2.42. The third-order valence-electron chi connectivity index (χ3n) is 2.91. The maximum atomic E-state index is 10.7. The van der Waals surface area contributed by atoms with Crippen molar-refractivity contribution in [1.29, 1.82) is 0 Å². The van der Waals surface area contributed by atoms with E-state index in [4.69, 9.17) is 0 Å². The van der Waals surface area contributed by atoms with Crippen LogP contribution in [0.15, 0.2) is 6.33 Å². The van der Waals surface area contributed by atoms with Crippen LogP contribution in [0.3, 0.4) is 0 Å². The molecule has 6 nitrogen and oxygen atoms in total. The molecular formula is C9H14N4O2S. The molecule has 2 rings (SSSR count). The highest BCUT2D eigenvalue weighted by molar-refractivity contribution is 8.00. The van der Waals surface area contributed by atoms with E-state index in [0.29, 0.717) is 5.82 Å². The van der Waals surface area contributed by atoms with Gasteiger partial charge in [0.25, 0.3) is 0 Å². The van der Waals surface area contributed by atoms with Gasteiger partial charge in [-0.05, 0) is 29.0 Å². The van der Waals surface area contributed by atoms with Crippen LogP contribution in [0, 0.1) is 10.1 Å². The lowest BCUT2D eigenvalue weighted by molar-refractivity contribution is -0.388. The number of rotatable bonds is 5. The van der Waals surface area contributed by atoms with Crippen LogP contribution < -0.4 is 5.32 Å². The molecule has 0 bridgehead atoms. The van der Waals surface area contributed by atoms with E-state index in [9.17, 15) is 10.1 Å². The Morgan fingerprint density at radius 1 is 1.75 bits per heavy atom. The molecule has 1 fully saturated rings. The molecule has 1 heterocycles. The van der Waals surface area contributed by atoms with Crippen molar-refractivity contribution in [3.05, 3.63) is 16.4 Å². The number of nitro groups is 1. The van der Waals surface area contributed by atoms with Gasteiger partial charge in [0.1, 0.15) is 0 Å². The van der Waals surface area contributed by atoms with E-state index in [1.807, 2.05) is 11.8 Å². The first-order chi connectivity index (χ1) is 7.58. The van der Waals surface area contributed by atoms with Gasteiger partial charge >= 0.3 is 5.82 Å². The quantitative estimate of drug-likeness (QED) is 0.627. The predicted octanol–water partition coefficient (Wildman–Crippen LogP) is 1.64. The number of anilines is 1. The Balaban J connectivity index is 2.08. The van der Waals surface area contributed by atoms with Crippen LogP contribution in [0.25, 0.3) is 0 Å². The topological polar surface area (TPSA) is 73.0 Å². The molecule has 0 spiro atoms. The van der Waals surface area contributed by atoms with Crippen molar-refractivity contribution in [3.63, 3.8) is 0 Å². The summed E-state index contributed by atoms with van der Waals surface area (Å²) in [4.78, 5) is 14.0. The lowest BCUT2D eigenvalue weighted by Crippen LogP contribution is -2.19. The summed E-state index contributed by atoms with van der Waals surface area (Å²) in [6.07, 6.45) is 5.88. The van der Waals surface area contributed by atoms with E-state index < -0.39 is 4.92 Å². The zero-order chi connectivity index (χ0) is 11.8. The number of aromatic nitrogens is 2. The molecule has 0 saturated heterocycles. The molecule has 1 aromatic heterocycles. The van der Waals surface area contributed by atoms with Gasteiger partial charge in [0, 0.05) is 18.3 Å². The van der Waals surface area contributed by atoms with Crippen LogP contribution in [-0.4, -0.2) is 32.0 Å². The van der Waals surface area contributed by atoms with E-state index in [0.717, 1.165) is 6.54 Å². The molecular weight excluding hydrogens is 228 g/mol. The van der Waals surface area contributed by atoms with Gasteiger partial charge in [0.05, 0.1) is 0 Å². The van der Waals surface area contributed by atoms with E-state index in [1.54, 1.807) is 11.6 Å². The molecule has 0 radical (unpaired) electrons. The third-order valence-corrected chi connectivity index (χ3v) is 4.33. The molecule has 0 aromatic carbocycles. The third kappa shape index (κ3) is 1.99. The zero-order valence-corrected chi connectivity index (χ0v) is 10.1. The smallest absolute Gasteiger partial charge is 0.363 e. The maximum Gasteiger partial charge on any atom is 0.406 e. The lowest BCUT2D eigenvalue weighted by Gasteiger charge is -2.13. The van der Waals surface area contributed by atoms with E-state index in [1.165, 1.54) is 19.2 Å². The Kier molecular flexibility index (Phi) is 2.79. The first-order valence-corrected chi connectivity index (χ1v) is 6.25. The second-order valence-electron chi connectivity index (χ2n) is 4.03. The Bertz CT molecular complexity index is 414. The Morgan fingerprint density at radius 3 is 2.94 bits per heavy atom. The van der Waals surface area contributed by atoms with Gasteiger partial charge in [-0.25, -0.2) is 0 Å². The molecule has 7 heteroatoms. The van der Waals surface area contributed by atoms with Crippen LogP contribution >= 0.6 is 11.8 Å². The monoisotopic (exact) mass is 242 g/mol.